The third-order valence-electron chi connectivity index (χ3n) is 5.38. The highest BCUT2D eigenvalue weighted by molar-refractivity contribution is 5.84. The Morgan fingerprint density at radius 3 is 2.35 bits per heavy atom. The molecule has 2 N–H and O–H groups in total. The van der Waals surface area contributed by atoms with Gasteiger partial charge in [-0.05, 0) is 39.1 Å². The van der Waals surface area contributed by atoms with E-state index >= 15 is 0 Å². The zero-order chi connectivity index (χ0) is 27.6. The highest BCUT2D eigenvalue weighted by atomic mass is 16.5. The Morgan fingerprint density at radius 2 is 1.73 bits per heavy atom. The van der Waals surface area contributed by atoms with Crippen molar-refractivity contribution in [1.29, 1.82) is 0 Å². The summed E-state index contributed by atoms with van der Waals surface area (Å²) in [5.41, 5.74) is 6.44. The molecule has 0 saturated carbocycles. The topological polar surface area (TPSA) is 124 Å². The lowest BCUT2D eigenvalue weighted by Gasteiger charge is -2.06. The largest absolute Gasteiger partial charge is 0.480 e. The van der Waals surface area contributed by atoms with Gasteiger partial charge in [-0.1, -0.05) is 51.8 Å². The molecule has 2 heterocycles. The zero-order valence-electron chi connectivity index (χ0n) is 23.2. The molecular formula is C28H43N5O4. The maximum Gasteiger partial charge on any atom is 0.253 e. The monoisotopic (exact) mass is 513 g/mol. The van der Waals surface area contributed by atoms with Crippen LogP contribution in [0.2, 0.25) is 0 Å². The standard InChI is InChI=1S/C21H25N3O3.C5H12N2O.C2H6/c1-3-16(25)11-6-4-5-7-13-19-23-24-21(27-19)17-14-15-10-8-9-12-18(15)22-20(17)26-2;1-7(2)4-3-5(6)8;1-2/h8-10,12,14H,3-7,11,13H2,1-2H3;3-4H2,1-2H3,(H2,6,8);1-2H3. The molecule has 0 aliphatic carbocycles. The number of hydrogen-bond acceptors (Lipinski definition) is 8. The lowest BCUT2D eigenvalue weighted by atomic mass is 10.1. The molecule has 0 spiro atoms. The molecule has 0 fully saturated rings. The van der Waals surface area contributed by atoms with Crippen molar-refractivity contribution in [3.05, 3.63) is 36.2 Å². The minimum absolute atomic E-state index is 0.237. The summed E-state index contributed by atoms with van der Waals surface area (Å²) in [5, 5.41) is 9.32. The highest BCUT2D eigenvalue weighted by Crippen LogP contribution is 2.30. The first kappa shape index (κ1) is 31.7. The van der Waals surface area contributed by atoms with Gasteiger partial charge < -0.3 is 19.8 Å². The van der Waals surface area contributed by atoms with Crippen molar-refractivity contribution < 1.29 is 18.7 Å². The maximum absolute atomic E-state index is 11.3. The summed E-state index contributed by atoms with van der Waals surface area (Å²) in [6, 6.07) is 9.80. The zero-order valence-corrected chi connectivity index (χ0v) is 23.2. The molecule has 1 aromatic carbocycles. The average molecular weight is 514 g/mol. The lowest BCUT2D eigenvalue weighted by Crippen LogP contribution is -2.20. The summed E-state index contributed by atoms with van der Waals surface area (Å²) in [5.74, 6) is 1.62. The number of amides is 1. The number of methoxy groups -OCH3 is 1. The molecule has 0 saturated heterocycles. The minimum atomic E-state index is -0.237. The summed E-state index contributed by atoms with van der Waals surface area (Å²) < 4.78 is 11.2. The molecule has 9 heteroatoms. The van der Waals surface area contributed by atoms with Crippen LogP contribution >= 0.6 is 0 Å². The van der Waals surface area contributed by atoms with E-state index in [0.29, 0.717) is 48.3 Å². The van der Waals surface area contributed by atoms with E-state index in [1.165, 1.54) is 0 Å². The first-order chi connectivity index (χ1) is 17.8. The quantitative estimate of drug-likeness (QED) is 0.309. The normalized spacial score (nSPS) is 10.4. The third kappa shape index (κ3) is 12.0. The van der Waals surface area contributed by atoms with Gasteiger partial charge in [0.25, 0.3) is 5.89 Å². The molecule has 0 atom stereocenters. The number of primary amides is 1. The SMILES string of the molecule is CC.CCC(=O)CCCCCCc1nnc(-c2cc3ccccc3nc2OC)o1.CN(C)CCC(N)=O. The highest BCUT2D eigenvalue weighted by Gasteiger charge is 2.16. The van der Waals surface area contributed by atoms with Crippen molar-refractivity contribution in [2.24, 2.45) is 5.73 Å². The molecule has 3 rings (SSSR count). The van der Waals surface area contributed by atoms with Crippen LogP contribution in [0.25, 0.3) is 22.4 Å². The maximum atomic E-state index is 11.3. The number of hydrogen-bond donors (Lipinski definition) is 1. The number of benzene rings is 1. The Hall–Kier alpha value is -3.33. The number of fused-ring (bicyclic) bond motifs is 1. The Morgan fingerprint density at radius 1 is 1.03 bits per heavy atom. The summed E-state index contributed by atoms with van der Waals surface area (Å²) in [6.07, 6.45) is 6.54. The van der Waals surface area contributed by atoms with Crippen molar-refractivity contribution in [2.75, 3.05) is 27.7 Å². The lowest BCUT2D eigenvalue weighted by molar-refractivity contribution is -0.119. The van der Waals surface area contributed by atoms with Crippen LogP contribution in [-0.4, -0.2) is 59.5 Å². The summed E-state index contributed by atoms with van der Waals surface area (Å²) in [4.78, 5) is 27.8. The Labute approximate surface area is 220 Å². The second-order valence-corrected chi connectivity index (χ2v) is 8.56. The smallest absolute Gasteiger partial charge is 0.253 e. The molecule has 37 heavy (non-hydrogen) atoms. The fraction of sp³-hybridized carbons (Fsp3) is 0.536. The van der Waals surface area contributed by atoms with E-state index in [2.05, 4.69) is 15.2 Å². The van der Waals surface area contributed by atoms with Crippen LogP contribution in [0.1, 0.15) is 71.6 Å². The molecule has 0 radical (unpaired) electrons. The number of aryl methyl sites for hydroxylation is 1. The van der Waals surface area contributed by atoms with Crippen LogP contribution in [0.15, 0.2) is 34.7 Å². The number of ether oxygens (including phenoxy) is 1. The van der Waals surface area contributed by atoms with Crippen molar-refractivity contribution in [3.63, 3.8) is 0 Å². The number of carbonyl (C=O) groups is 2. The number of pyridine rings is 1. The molecule has 0 bridgehead atoms. The molecule has 2 aromatic heterocycles. The van der Waals surface area contributed by atoms with Gasteiger partial charge in [0.15, 0.2) is 0 Å². The van der Waals surface area contributed by atoms with Crippen molar-refractivity contribution >= 4 is 22.6 Å². The van der Waals surface area contributed by atoms with E-state index in [0.717, 1.165) is 49.6 Å². The van der Waals surface area contributed by atoms with Crippen molar-refractivity contribution in [3.8, 4) is 17.3 Å². The van der Waals surface area contributed by atoms with Gasteiger partial charge in [0, 0.05) is 37.6 Å². The van der Waals surface area contributed by atoms with Crippen LogP contribution in [0.3, 0.4) is 0 Å². The van der Waals surface area contributed by atoms with Crippen LogP contribution in [-0.2, 0) is 16.0 Å². The van der Waals surface area contributed by atoms with E-state index < -0.39 is 0 Å². The Balaban J connectivity index is 0.000000586. The van der Waals surface area contributed by atoms with Crippen LogP contribution in [0.4, 0.5) is 0 Å². The van der Waals surface area contributed by atoms with E-state index in [1.54, 1.807) is 7.11 Å². The van der Waals surface area contributed by atoms with Gasteiger partial charge in [0.05, 0.1) is 12.6 Å². The molecule has 0 aliphatic rings. The number of unbranched alkanes of at least 4 members (excludes halogenated alkanes) is 3. The third-order valence-corrected chi connectivity index (χ3v) is 5.38. The van der Waals surface area contributed by atoms with Crippen LogP contribution in [0.5, 0.6) is 5.88 Å². The number of ketones is 1. The number of para-hydroxylation sites is 1. The summed E-state index contributed by atoms with van der Waals surface area (Å²) in [7, 11) is 5.40. The molecular weight excluding hydrogens is 470 g/mol. The number of nitrogens with two attached hydrogens (primary N) is 1. The fourth-order valence-corrected chi connectivity index (χ4v) is 3.33. The second kappa shape index (κ2) is 18.0. The van der Waals surface area contributed by atoms with Gasteiger partial charge in [-0.15, -0.1) is 10.2 Å². The predicted octanol–water partition coefficient (Wildman–Crippen LogP) is 5.22. The number of Topliss-reactive ketones (excluding diaryl/α,β-unsaturated/α-hetero) is 1. The molecule has 1 amide bonds. The van der Waals surface area contributed by atoms with E-state index in [1.807, 2.05) is 70.1 Å². The number of rotatable bonds is 13. The van der Waals surface area contributed by atoms with E-state index in [-0.39, 0.29) is 5.91 Å². The van der Waals surface area contributed by atoms with E-state index in [4.69, 9.17) is 14.9 Å². The van der Waals surface area contributed by atoms with Crippen LogP contribution in [0, 0.1) is 0 Å². The fourth-order valence-electron chi connectivity index (χ4n) is 3.33. The van der Waals surface area contributed by atoms with Crippen molar-refractivity contribution in [2.45, 2.75) is 72.1 Å². The van der Waals surface area contributed by atoms with Gasteiger partial charge in [-0.25, -0.2) is 4.98 Å². The summed E-state index contributed by atoms with van der Waals surface area (Å²) >= 11 is 0. The van der Waals surface area contributed by atoms with Gasteiger partial charge in [0.1, 0.15) is 11.3 Å². The predicted molar refractivity (Wildman–Crippen MR) is 147 cm³/mol. The molecule has 0 unspecified atom stereocenters. The van der Waals surface area contributed by atoms with Gasteiger partial charge in [0.2, 0.25) is 17.7 Å². The minimum Gasteiger partial charge on any atom is -0.480 e. The van der Waals surface area contributed by atoms with Crippen LogP contribution < -0.4 is 10.5 Å². The molecule has 3 aromatic rings. The van der Waals surface area contributed by atoms with Crippen molar-refractivity contribution in [1.82, 2.24) is 20.1 Å². The summed E-state index contributed by atoms with van der Waals surface area (Å²) in [6.45, 7) is 6.66. The number of aromatic nitrogens is 3. The first-order valence-electron chi connectivity index (χ1n) is 13.0. The average Bonchev–Trinajstić information content (AvgIpc) is 3.38. The van der Waals surface area contributed by atoms with Gasteiger partial charge >= 0.3 is 0 Å². The Kier molecular flexibility index (Phi) is 15.4. The van der Waals surface area contributed by atoms with Gasteiger partial charge in [-0.2, -0.15) is 0 Å². The second-order valence-electron chi connectivity index (χ2n) is 8.56. The van der Waals surface area contributed by atoms with E-state index in [9.17, 15) is 9.59 Å². The number of carbonyl (C=O) groups excluding carboxylic acids is 2. The van der Waals surface area contributed by atoms with Gasteiger partial charge in [-0.3, -0.25) is 9.59 Å². The first-order valence-corrected chi connectivity index (χ1v) is 13.0. The Bertz CT molecular complexity index is 1080. The molecule has 204 valence electrons. The molecule has 9 nitrogen and oxygen atoms in total. The molecule has 0 aliphatic heterocycles. The number of nitrogens with zero attached hydrogens (tertiary/aromatic N) is 4.